The summed E-state index contributed by atoms with van der Waals surface area (Å²) in [4.78, 5) is 0. The van der Waals surface area contributed by atoms with E-state index in [1.807, 2.05) is 0 Å². The van der Waals surface area contributed by atoms with Crippen LogP contribution in [0.3, 0.4) is 0 Å². The van der Waals surface area contributed by atoms with Crippen molar-refractivity contribution in [3.63, 3.8) is 0 Å². The molecule has 0 saturated carbocycles. The molecule has 0 aliphatic carbocycles. The lowest BCUT2D eigenvalue weighted by atomic mass is 10.3. The third kappa shape index (κ3) is 3.84. The Bertz CT molecular complexity index is 730. The van der Waals surface area contributed by atoms with Crippen molar-refractivity contribution in [1.29, 1.82) is 0 Å². The van der Waals surface area contributed by atoms with Crippen LogP contribution in [-0.2, 0) is 0 Å². The van der Waals surface area contributed by atoms with E-state index in [2.05, 4.69) is 110 Å². The molecule has 3 rings (SSSR count). The van der Waals surface area contributed by atoms with Gasteiger partial charge in [0.1, 0.15) is 15.9 Å². The second-order valence-electron chi connectivity index (χ2n) is 6.07. The van der Waals surface area contributed by atoms with E-state index < -0.39 is 7.26 Å². The van der Waals surface area contributed by atoms with Crippen LogP contribution in [0.25, 0.3) is 0 Å². The second-order valence-corrected chi connectivity index (χ2v) is 9.18. The molecule has 0 N–H and O–H groups in total. The molecule has 1 heteroatoms. The van der Waals surface area contributed by atoms with Gasteiger partial charge in [0.15, 0.2) is 7.26 Å². The van der Waals surface area contributed by atoms with Gasteiger partial charge in [-0.1, -0.05) is 73.9 Å². The van der Waals surface area contributed by atoms with Crippen LogP contribution < -0.4 is 15.9 Å². The van der Waals surface area contributed by atoms with Crippen LogP contribution in [0.2, 0.25) is 0 Å². The van der Waals surface area contributed by atoms with Crippen molar-refractivity contribution in [1.82, 2.24) is 0 Å². The molecule has 0 heterocycles. The zero-order valence-electron chi connectivity index (χ0n) is 14.7. The lowest BCUT2D eigenvalue weighted by Gasteiger charge is -2.21. The first-order valence-electron chi connectivity index (χ1n) is 8.94. The number of hydrogen-bond donors (Lipinski definition) is 0. The normalized spacial score (nSPS) is 10.8. The average molecular weight is 343 g/mol. The average Bonchev–Trinajstić information content (AvgIpc) is 2.70. The number of unbranched alkanes of at least 4 members (excludes halogenated alkanes) is 2. The summed E-state index contributed by atoms with van der Waals surface area (Å²) in [7, 11) is -1.95. The van der Waals surface area contributed by atoms with Crippen LogP contribution in [-0.4, -0.2) is 0 Å². The Morgan fingerprint density at radius 2 is 1.04 bits per heavy atom. The van der Waals surface area contributed by atoms with E-state index in [9.17, 15) is 0 Å². The molecule has 0 saturated heterocycles. The Morgan fingerprint density at radius 1 is 0.640 bits per heavy atom. The first-order valence-corrected chi connectivity index (χ1v) is 10.7. The molecule has 0 aromatic heterocycles. The van der Waals surface area contributed by atoms with Crippen molar-refractivity contribution in [3.05, 3.63) is 91.0 Å². The van der Waals surface area contributed by atoms with Crippen LogP contribution in [0.1, 0.15) is 26.2 Å². The quantitative estimate of drug-likeness (QED) is 0.342. The molecule has 0 fully saturated rings. The molecule has 0 amide bonds. The Kier molecular flexibility index (Phi) is 6.05. The van der Waals surface area contributed by atoms with Gasteiger partial charge in [-0.25, -0.2) is 0 Å². The van der Waals surface area contributed by atoms with Crippen LogP contribution in [0.15, 0.2) is 91.0 Å². The van der Waals surface area contributed by atoms with Gasteiger partial charge in [0.2, 0.25) is 0 Å². The second kappa shape index (κ2) is 8.66. The highest BCUT2D eigenvalue weighted by Crippen LogP contribution is 2.54. The minimum absolute atomic E-state index is 0.963. The Morgan fingerprint density at radius 3 is 1.40 bits per heavy atom. The molecule has 0 spiro atoms. The lowest BCUT2D eigenvalue weighted by Crippen LogP contribution is -2.29. The van der Waals surface area contributed by atoms with Gasteiger partial charge in [-0.05, 0) is 42.8 Å². The van der Waals surface area contributed by atoms with Crippen molar-refractivity contribution >= 4 is 23.2 Å². The maximum Gasteiger partial charge on any atom is 0.189 e. The highest BCUT2D eigenvalue weighted by Gasteiger charge is 2.44. The van der Waals surface area contributed by atoms with E-state index in [0.29, 0.717) is 0 Å². The molecule has 0 nitrogen and oxygen atoms in total. The fraction of sp³-hybridized carbons (Fsp3) is 0.167. The summed E-state index contributed by atoms with van der Waals surface area (Å²) in [6.07, 6.45) is 3.30. The molecule has 3 aromatic rings. The van der Waals surface area contributed by atoms with Gasteiger partial charge in [-0.3, -0.25) is 0 Å². The smallest absolute Gasteiger partial charge is 0.0653 e. The minimum Gasteiger partial charge on any atom is -0.0653 e. The number of benzene rings is 3. The summed E-state index contributed by atoms with van der Waals surface area (Å²) in [6.45, 7) is 2.22. The van der Waals surface area contributed by atoms with E-state index in [4.69, 9.17) is 0 Å². The largest absolute Gasteiger partial charge is 0.189 e. The Labute approximate surface area is 152 Å². The summed E-state index contributed by atoms with van der Waals surface area (Å²) in [5.41, 5.74) is 3.78. The number of hydrogen-bond acceptors (Lipinski definition) is 0. The highest BCUT2D eigenvalue weighted by atomic mass is 31.2. The van der Waals surface area contributed by atoms with Gasteiger partial charge in [0, 0.05) is 6.42 Å². The summed E-state index contributed by atoms with van der Waals surface area (Å²) >= 11 is 0. The van der Waals surface area contributed by atoms with Crippen LogP contribution in [0.4, 0.5) is 0 Å². The van der Waals surface area contributed by atoms with Crippen LogP contribution in [0, 0.1) is 11.6 Å². The fourth-order valence-corrected chi connectivity index (χ4v) is 6.52. The monoisotopic (exact) mass is 343 g/mol. The first-order chi connectivity index (χ1) is 12.4. The zero-order chi connectivity index (χ0) is 17.4. The molecule has 0 aliphatic heterocycles. The van der Waals surface area contributed by atoms with E-state index in [1.54, 1.807) is 0 Å². The van der Waals surface area contributed by atoms with Gasteiger partial charge in [-0.15, -0.1) is 0 Å². The predicted octanol–water partition coefficient (Wildman–Crippen LogP) is 5.13. The summed E-state index contributed by atoms with van der Waals surface area (Å²) in [6, 6.07) is 32.4. The third-order valence-corrected chi connectivity index (χ3v) is 8.04. The predicted molar refractivity (Wildman–Crippen MR) is 112 cm³/mol. The molecule has 0 radical (unpaired) electrons. The minimum atomic E-state index is -1.95. The SMILES string of the molecule is CCCCC#C[P+](c1ccccc1)(c1ccccc1)c1ccccc1. The first kappa shape index (κ1) is 17.5. The van der Waals surface area contributed by atoms with Crippen molar-refractivity contribution in [2.45, 2.75) is 26.2 Å². The van der Waals surface area contributed by atoms with Crippen molar-refractivity contribution in [2.24, 2.45) is 0 Å². The molecule has 0 bridgehead atoms. The van der Waals surface area contributed by atoms with Gasteiger partial charge in [0.05, 0.1) is 5.66 Å². The van der Waals surface area contributed by atoms with Gasteiger partial charge < -0.3 is 0 Å². The van der Waals surface area contributed by atoms with E-state index in [-0.39, 0.29) is 0 Å². The van der Waals surface area contributed by atoms with E-state index in [0.717, 1.165) is 12.8 Å². The molecule has 0 unspecified atom stereocenters. The standard InChI is InChI=1S/C24H24P/c1-2-3-4-14-21-25(22-15-8-5-9-16-22,23-17-10-6-11-18-23)24-19-12-7-13-20-24/h5-13,15-20H,2-4H2,1H3/q+1. The van der Waals surface area contributed by atoms with Crippen LogP contribution in [0.5, 0.6) is 0 Å². The Hall–Kier alpha value is -2.35. The van der Waals surface area contributed by atoms with Gasteiger partial charge >= 0.3 is 0 Å². The maximum atomic E-state index is 3.78. The molecular formula is C24H24P+. The van der Waals surface area contributed by atoms with E-state index in [1.165, 1.54) is 22.3 Å². The molecule has 0 atom stereocenters. The lowest BCUT2D eigenvalue weighted by molar-refractivity contribution is 0.828. The number of rotatable bonds is 5. The van der Waals surface area contributed by atoms with Crippen molar-refractivity contribution in [2.75, 3.05) is 0 Å². The van der Waals surface area contributed by atoms with Gasteiger partial charge in [0.25, 0.3) is 0 Å². The summed E-state index contributed by atoms with van der Waals surface area (Å²) in [5.74, 6) is 3.52. The molecule has 25 heavy (non-hydrogen) atoms. The topological polar surface area (TPSA) is 0 Å². The van der Waals surface area contributed by atoms with Gasteiger partial charge in [-0.2, -0.15) is 0 Å². The summed E-state index contributed by atoms with van der Waals surface area (Å²) in [5, 5.41) is 3.99. The zero-order valence-corrected chi connectivity index (χ0v) is 15.6. The van der Waals surface area contributed by atoms with Crippen LogP contribution >= 0.6 is 7.26 Å². The third-order valence-electron chi connectivity index (χ3n) is 4.33. The highest BCUT2D eigenvalue weighted by molar-refractivity contribution is 7.99. The Balaban J connectivity index is 2.25. The maximum absolute atomic E-state index is 3.78. The molecule has 0 aliphatic rings. The molecule has 124 valence electrons. The van der Waals surface area contributed by atoms with Crippen molar-refractivity contribution in [3.8, 4) is 11.6 Å². The molecule has 3 aromatic carbocycles. The summed E-state index contributed by atoms with van der Waals surface area (Å²) < 4.78 is 0. The van der Waals surface area contributed by atoms with E-state index >= 15 is 0 Å². The molecular weight excluding hydrogens is 319 g/mol. The fourth-order valence-electron chi connectivity index (χ4n) is 3.04. The van der Waals surface area contributed by atoms with Crippen molar-refractivity contribution < 1.29 is 0 Å².